The van der Waals surface area contributed by atoms with E-state index in [2.05, 4.69) is 5.32 Å². The van der Waals surface area contributed by atoms with Gasteiger partial charge in [0.2, 0.25) is 5.91 Å². The molecule has 0 aliphatic carbocycles. The maximum atomic E-state index is 12.7. The van der Waals surface area contributed by atoms with Gasteiger partial charge in [-0.3, -0.25) is 4.79 Å². The highest BCUT2D eigenvalue weighted by atomic mass is 16.3. The Kier molecular flexibility index (Phi) is 7.40. The Morgan fingerprint density at radius 3 is 2.46 bits per heavy atom. The van der Waals surface area contributed by atoms with Crippen LogP contribution in [0.4, 0.5) is 10.5 Å². The van der Waals surface area contributed by atoms with E-state index >= 15 is 0 Å². The van der Waals surface area contributed by atoms with E-state index in [-0.39, 0.29) is 30.7 Å². The summed E-state index contributed by atoms with van der Waals surface area (Å²) in [5.41, 5.74) is 1.82. The molecule has 0 fully saturated rings. The number of hydrogen-bond acceptors (Lipinski definition) is 4. The summed E-state index contributed by atoms with van der Waals surface area (Å²) in [5, 5.41) is 22.8. The van der Waals surface area contributed by atoms with Crippen molar-refractivity contribution in [1.29, 1.82) is 0 Å². The second kappa shape index (κ2) is 9.75. The van der Waals surface area contributed by atoms with Crippen molar-refractivity contribution in [1.82, 2.24) is 9.80 Å². The van der Waals surface area contributed by atoms with Gasteiger partial charge in [-0.1, -0.05) is 30.3 Å². The Morgan fingerprint density at radius 2 is 1.82 bits per heavy atom. The molecule has 7 nitrogen and oxygen atoms in total. The highest BCUT2D eigenvalue weighted by molar-refractivity contribution is 5.91. The van der Waals surface area contributed by atoms with Crippen LogP contribution in [0, 0.1) is 0 Å². The largest absolute Gasteiger partial charge is 0.508 e. The number of nitrogens with zero attached hydrogens (tertiary/aromatic N) is 2. The molecule has 3 N–H and O–H groups in total. The summed E-state index contributed by atoms with van der Waals surface area (Å²) in [6, 6.07) is 13.1. The monoisotopic (exact) mass is 385 g/mol. The van der Waals surface area contributed by atoms with Crippen LogP contribution in [0.3, 0.4) is 0 Å². The van der Waals surface area contributed by atoms with Crippen molar-refractivity contribution in [3.8, 4) is 5.75 Å². The molecule has 0 radical (unpaired) electrons. The molecule has 28 heavy (non-hydrogen) atoms. The zero-order valence-corrected chi connectivity index (χ0v) is 16.4. The molecule has 0 heterocycles. The topological polar surface area (TPSA) is 93.1 Å². The number of benzene rings is 2. The second-order valence-corrected chi connectivity index (χ2v) is 6.70. The number of rotatable bonds is 7. The molecule has 0 aliphatic heterocycles. The number of aliphatic hydroxyl groups is 1. The third-order valence-electron chi connectivity index (χ3n) is 4.42. The summed E-state index contributed by atoms with van der Waals surface area (Å²) in [6.07, 6.45) is -0.745. The molecule has 150 valence electrons. The minimum Gasteiger partial charge on any atom is -0.508 e. The average Bonchev–Trinajstić information content (AvgIpc) is 2.67. The fourth-order valence-electron chi connectivity index (χ4n) is 2.71. The number of aliphatic hydroxyl groups excluding tert-OH is 1. The summed E-state index contributed by atoms with van der Waals surface area (Å²) in [6.45, 7) is 2.28. The van der Waals surface area contributed by atoms with Crippen LogP contribution in [0.2, 0.25) is 0 Å². The molecule has 0 aliphatic rings. The Balaban J connectivity index is 2.09. The molecule has 1 unspecified atom stereocenters. The summed E-state index contributed by atoms with van der Waals surface area (Å²) >= 11 is 0. The number of para-hydroxylation sites is 1. The smallest absolute Gasteiger partial charge is 0.321 e. The molecule has 7 heteroatoms. The van der Waals surface area contributed by atoms with E-state index in [4.69, 9.17) is 0 Å². The van der Waals surface area contributed by atoms with E-state index in [1.807, 2.05) is 13.0 Å². The Labute approximate surface area is 165 Å². The maximum absolute atomic E-state index is 12.7. The third-order valence-corrected chi connectivity index (χ3v) is 4.42. The van der Waals surface area contributed by atoms with Crippen LogP contribution in [0.15, 0.2) is 48.5 Å². The third kappa shape index (κ3) is 5.72. The molecule has 2 aromatic rings. The van der Waals surface area contributed by atoms with Crippen LogP contribution in [-0.2, 0) is 11.2 Å². The lowest BCUT2D eigenvalue weighted by molar-refractivity contribution is -0.127. The predicted molar refractivity (Wildman–Crippen MR) is 108 cm³/mol. The Hall–Kier alpha value is -3.06. The molecule has 0 bridgehead atoms. The molecular formula is C21H27N3O4. The van der Waals surface area contributed by atoms with E-state index in [1.54, 1.807) is 44.4 Å². The fraction of sp³-hybridized carbons (Fsp3) is 0.333. The van der Waals surface area contributed by atoms with Gasteiger partial charge in [0.1, 0.15) is 5.75 Å². The Morgan fingerprint density at radius 1 is 1.11 bits per heavy atom. The Bertz CT molecular complexity index is 823. The number of carbonyl (C=O) groups excluding carboxylic acids is 2. The molecule has 3 amide bonds. The van der Waals surface area contributed by atoms with Crippen molar-refractivity contribution in [2.24, 2.45) is 0 Å². The van der Waals surface area contributed by atoms with Crippen molar-refractivity contribution >= 4 is 17.6 Å². The number of aromatic hydroxyl groups is 1. The van der Waals surface area contributed by atoms with Crippen LogP contribution in [0.5, 0.6) is 5.75 Å². The lowest BCUT2D eigenvalue weighted by Gasteiger charge is -2.25. The molecule has 0 saturated carbocycles. The number of urea groups is 1. The zero-order valence-electron chi connectivity index (χ0n) is 16.4. The molecule has 2 aromatic carbocycles. The second-order valence-electron chi connectivity index (χ2n) is 6.70. The van der Waals surface area contributed by atoms with Crippen molar-refractivity contribution in [2.45, 2.75) is 19.4 Å². The number of phenols is 1. The van der Waals surface area contributed by atoms with Gasteiger partial charge in [-0.25, -0.2) is 4.79 Å². The number of amides is 3. The number of anilines is 1. The predicted octanol–water partition coefficient (Wildman–Crippen LogP) is 2.61. The molecule has 0 spiro atoms. The van der Waals surface area contributed by atoms with E-state index in [9.17, 15) is 19.8 Å². The van der Waals surface area contributed by atoms with Gasteiger partial charge in [-0.05, 0) is 36.2 Å². The van der Waals surface area contributed by atoms with Gasteiger partial charge < -0.3 is 25.3 Å². The minimum atomic E-state index is -0.927. The van der Waals surface area contributed by atoms with Gasteiger partial charge in [0.25, 0.3) is 0 Å². The number of phenolic OH excluding ortho intramolecular Hbond substituents is 1. The van der Waals surface area contributed by atoms with Crippen molar-refractivity contribution in [3.05, 3.63) is 59.7 Å². The first-order valence-corrected chi connectivity index (χ1v) is 9.12. The number of nitrogens with one attached hydrogen (secondary N) is 1. The van der Waals surface area contributed by atoms with Gasteiger partial charge in [-0.15, -0.1) is 0 Å². The minimum absolute atomic E-state index is 0.0588. The first-order valence-electron chi connectivity index (χ1n) is 9.12. The number of carbonyl (C=O) groups is 2. The van der Waals surface area contributed by atoms with Gasteiger partial charge in [0.05, 0.1) is 19.1 Å². The quantitative estimate of drug-likeness (QED) is 0.683. The molecule has 0 aromatic heterocycles. The summed E-state index contributed by atoms with van der Waals surface area (Å²) in [7, 11) is 3.37. The van der Waals surface area contributed by atoms with Gasteiger partial charge >= 0.3 is 6.03 Å². The zero-order chi connectivity index (χ0) is 20.7. The fourth-order valence-corrected chi connectivity index (χ4v) is 2.71. The van der Waals surface area contributed by atoms with Crippen LogP contribution in [-0.4, -0.2) is 59.1 Å². The van der Waals surface area contributed by atoms with Crippen LogP contribution in [0.1, 0.15) is 24.2 Å². The lowest BCUT2D eigenvalue weighted by Crippen LogP contribution is -2.38. The summed E-state index contributed by atoms with van der Waals surface area (Å²) in [4.78, 5) is 27.7. The van der Waals surface area contributed by atoms with Crippen LogP contribution >= 0.6 is 0 Å². The van der Waals surface area contributed by atoms with Crippen LogP contribution < -0.4 is 5.32 Å². The SMILES string of the molecule is CCN(CC(O)c1cccc(O)c1)C(=O)Nc1ccccc1CC(=O)N(C)C. The molecule has 2 rings (SSSR count). The summed E-state index contributed by atoms with van der Waals surface area (Å²) in [5.74, 6) is -0.00288. The van der Waals surface area contributed by atoms with E-state index < -0.39 is 6.10 Å². The first-order chi connectivity index (χ1) is 13.3. The molecule has 1 atom stereocenters. The summed E-state index contributed by atoms with van der Waals surface area (Å²) < 4.78 is 0. The van der Waals surface area contributed by atoms with Gasteiger partial charge in [0.15, 0.2) is 0 Å². The normalized spacial score (nSPS) is 11.6. The maximum Gasteiger partial charge on any atom is 0.321 e. The van der Waals surface area contributed by atoms with Crippen LogP contribution in [0.25, 0.3) is 0 Å². The number of hydrogen-bond donors (Lipinski definition) is 3. The van der Waals surface area contributed by atoms with Crippen molar-refractivity contribution in [2.75, 3.05) is 32.5 Å². The van der Waals surface area contributed by atoms with Gasteiger partial charge in [0, 0.05) is 26.3 Å². The standard InChI is InChI=1S/C21H27N3O4/c1-4-24(14-19(26)16-9-7-10-17(25)12-16)21(28)22-18-11-6-5-8-15(18)13-20(27)23(2)3/h5-12,19,25-26H,4,13-14H2,1-3H3,(H,22,28). The van der Waals surface area contributed by atoms with E-state index in [0.717, 1.165) is 5.56 Å². The van der Waals surface area contributed by atoms with Gasteiger partial charge in [-0.2, -0.15) is 0 Å². The average molecular weight is 385 g/mol. The highest BCUT2D eigenvalue weighted by Crippen LogP contribution is 2.21. The van der Waals surface area contributed by atoms with Crippen molar-refractivity contribution in [3.63, 3.8) is 0 Å². The van der Waals surface area contributed by atoms with E-state index in [0.29, 0.717) is 17.8 Å². The molecular weight excluding hydrogens is 358 g/mol. The number of likely N-dealkylation sites (N-methyl/N-ethyl adjacent to an activating group) is 2. The lowest BCUT2D eigenvalue weighted by atomic mass is 10.1. The first kappa shape index (κ1) is 21.2. The van der Waals surface area contributed by atoms with Crippen molar-refractivity contribution < 1.29 is 19.8 Å². The molecule has 0 saturated heterocycles. The van der Waals surface area contributed by atoms with E-state index in [1.165, 1.54) is 21.9 Å². The highest BCUT2D eigenvalue weighted by Gasteiger charge is 2.19.